The average molecular weight is 513 g/mol. The average Bonchev–Trinajstić information content (AvgIpc) is 2.67. The minimum absolute atomic E-state index is 0.00841. The zero-order valence-corrected chi connectivity index (χ0v) is 26.6. The number of ketones is 1. The van der Waals surface area contributed by atoms with E-state index < -0.39 is 40.2 Å². The maximum absolute atomic E-state index is 14.1. The van der Waals surface area contributed by atoms with Gasteiger partial charge in [-0.05, 0) is 43.2 Å². The first kappa shape index (κ1) is 33.1. The molecule has 5 nitrogen and oxygen atoms in total. The number of esters is 1. The Hall–Kier alpha value is -0.946. The molecule has 34 heavy (non-hydrogen) atoms. The van der Waals surface area contributed by atoms with Gasteiger partial charge in [0.1, 0.15) is 5.78 Å². The summed E-state index contributed by atoms with van der Waals surface area (Å²) in [7, 11) is -3.10. The van der Waals surface area contributed by atoms with E-state index >= 15 is 0 Å². The SMILES string of the molecule is C#C[C@H](C)[C@@H](O[Si](C)(C)C(C)(C)C)[C@@H](C)C(=O)C(C)(C)[C@H](CC(=O)OC)O[Si](C)(C)C(C)(C)C. The Balaban J connectivity index is 6.31. The number of carbonyl (C=O) groups is 2. The second kappa shape index (κ2) is 11.4. The molecule has 0 saturated heterocycles. The molecule has 0 rings (SSSR count). The van der Waals surface area contributed by atoms with Crippen LogP contribution in [0.25, 0.3) is 0 Å². The van der Waals surface area contributed by atoms with E-state index in [2.05, 4.69) is 73.7 Å². The van der Waals surface area contributed by atoms with Gasteiger partial charge in [0.05, 0.1) is 25.7 Å². The summed E-state index contributed by atoms with van der Waals surface area (Å²) < 4.78 is 18.4. The lowest BCUT2D eigenvalue weighted by molar-refractivity contribution is -0.148. The van der Waals surface area contributed by atoms with Crippen molar-refractivity contribution in [3.8, 4) is 12.3 Å². The first-order valence-corrected chi connectivity index (χ1v) is 18.2. The van der Waals surface area contributed by atoms with Crippen LogP contribution in [-0.4, -0.2) is 47.7 Å². The normalized spacial score (nSPS) is 17.4. The highest BCUT2D eigenvalue weighted by molar-refractivity contribution is 6.74. The highest BCUT2D eigenvalue weighted by Crippen LogP contribution is 2.43. The first-order valence-electron chi connectivity index (χ1n) is 12.4. The molecule has 0 fully saturated rings. The Morgan fingerprint density at radius 2 is 1.26 bits per heavy atom. The molecule has 0 amide bonds. The summed E-state index contributed by atoms with van der Waals surface area (Å²) in [5.74, 6) is 1.72. The van der Waals surface area contributed by atoms with Crippen LogP contribution in [-0.2, 0) is 23.2 Å². The Morgan fingerprint density at radius 1 is 0.853 bits per heavy atom. The highest BCUT2D eigenvalue weighted by Gasteiger charge is 2.49. The quantitative estimate of drug-likeness (QED) is 0.172. The van der Waals surface area contributed by atoms with Crippen LogP contribution in [0.5, 0.6) is 0 Å². The zero-order chi connectivity index (χ0) is 27.5. The van der Waals surface area contributed by atoms with Gasteiger partial charge in [-0.25, -0.2) is 0 Å². The number of Topliss-reactive ketones (excluding diaryl/α,β-unsaturated/α-hetero) is 1. The molecule has 0 spiro atoms. The van der Waals surface area contributed by atoms with Gasteiger partial charge in [-0.1, -0.05) is 62.3 Å². The summed E-state index contributed by atoms with van der Waals surface area (Å²) in [6.07, 6.45) is 4.82. The fourth-order valence-electron chi connectivity index (χ4n) is 3.35. The molecule has 0 aliphatic heterocycles. The molecular weight excluding hydrogens is 460 g/mol. The maximum Gasteiger partial charge on any atom is 0.308 e. The predicted molar refractivity (Wildman–Crippen MR) is 147 cm³/mol. The van der Waals surface area contributed by atoms with Crippen molar-refractivity contribution in [2.24, 2.45) is 17.3 Å². The smallest absolute Gasteiger partial charge is 0.308 e. The van der Waals surface area contributed by atoms with E-state index in [9.17, 15) is 9.59 Å². The van der Waals surface area contributed by atoms with E-state index in [1.807, 2.05) is 27.7 Å². The van der Waals surface area contributed by atoms with Gasteiger partial charge in [-0.15, -0.1) is 12.3 Å². The molecule has 0 aromatic rings. The molecule has 7 heteroatoms. The number of hydrogen-bond donors (Lipinski definition) is 0. The van der Waals surface area contributed by atoms with E-state index in [0.717, 1.165) is 0 Å². The summed E-state index contributed by atoms with van der Waals surface area (Å²) in [5.41, 5.74) is -0.938. The molecule has 0 N–H and O–H groups in total. The fourth-order valence-corrected chi connectivity index (χ4v) is 6.24. The topological polar surface area (TPSA) is 61.8 Å². The number of rotatable bonds is 11. The molecule has 198 valence electrons. The minimum Gasteiger partial charge on any atom is -0.469 e. The van der Waals surface area contributed by atoms with Gasteiger partial charge >= 0.3 is 5.97 Å². The van der Waals surface area contributed by atoms with Crippen LogP contribution < -0.4 is 0 Å². The number of hydrogen-bond acceptors (Lipinski definition) is 5. The lowest BCUT2D eigenvalue weighted by atomic mass is 9.73. The number of ether oxygens (including phenoxy) is 1. The first-order chi connectivity index (χ1) is 15.0. The lowest BCUT2D eigenvalue weighted by Gasteiger charge is -2.46. The maximum atomic E-state index is 14.1. The van der Waals surface area contributed by atoms with Crippen molar-refractivity contribution in [3.05, 3.63) is 0 Å². The minimum atomic E-state index is -2.27. The number of terminal acetylenes is 1. The molecule has 0 aromatic carbocycles. The van der Waals surface area contributed by atoms with Crippen LogP contribution in [0.15, 0.2) is 0 Å². The summed E-state index contributed by atoms with van der Waals surface area (Å²) in [5, 5.41) is -0.0885. The summed E-state index contributed by atoms with van der Waals surface area (Å²) in [6, 6.07) is 0. The number of methoxy groups -OCH3 is 1. The van der Waals surface area contributed by atoms with E-state index in [1.54, 1.807) is 0 Å². The second-order valence-corrected chi connectivity index (χ2v) is 22.8. The molecular formula is C27H52O5Si2. The van der Waals surface area contributed by atoms with Crippen molar-refractivity contribution in [3.63, 3.8) is 0 Å². The molecule has 0 aromatic heterocycles. The van der Waals surface area contributed by atoms with Crippen molar-refractivity contribution >= 4 is 28.4 Å². The lowest BCUT2D eigenvalue weighted by Crippen LogP contribution is -2.54. The molecule has 0 aliphatic carbocycles. The molecule has 0 bridgehead atoms. The Morgan fingerprint density at radius 3 is 1.62 bits per heavy atom. The monoisotopic (exact) mass is 512 g/mol. The Kier molecular flexibility index (Phi) is 11.1. The van der Waals surface area contributed by atoms with Crippen LogP contribution in [0.3, 0.4) is 0 Å². The van der Waals surface area contributed by atoms with Gasteiger partial charge in [0.25, 0.3) is 0 Å². The van der Waals surface area contributed by atoms with E-state index in [-0.39, 0.29) is 34.2 Å². The van der Waals surface area contributed by atoms with Gasteiger partial charge in [0.2, 0.25) is 0 Å². The van der Waals surface area contributed by atoms with Crippen molar-refractivity contribution < 1.29 is 23.2 Å². The van der Waals surface area contributed by atoms with Crippen molar-refractivity contribution in [2.75, 3.05) is 7.11 Å². The van der Waals surface area contributed by atoms with Crippen molar-refractivity contribution in [1.82, 2.24) is 0 Å². The second-order valence-electron chi connectivity index (χ2n) is 13.3. The van der Waals surface area contributed by atoms with Crippen LogP contribution in [0, 0.1) is 29.6 Å². The van der Waals surface area contributed by atoms with Gasteiger partial charge in [0, 0.05) is 17.3 Å². The molecule has 4 atom stereocenters. The van der Waals surface area contributed by atoms with Crippen LogP contribution in [0.1, 0.15) is 75.7 Å². The van der Waals surface area contributed by atoms with E-state index in [0.29, 0.717) is 0 Å². The van der Waals surface area contributed by atoms with Gasteiger partial charge in [-0.2, -0.15) is 0 Å². The third kappa shape index (κ3) is 8.04. The third-order valence-corrected chi connectivity index (χ3v) is 17.1. The van der Waals surface area contributed by atoms with Crippen molar-refractivity contribution in [2.45, 2.75) is 124 Å². The molecule has 0 unspecified atom stereocenters. The summed E-state index contributed by atoms with van der Waals surface area (Å²) in [6.45, 7) is 29.1. The largest absolute Gasteiger partial charge is 0.469 e. The zero-order valence-electron chi connectivity index (χ0n) is 24.6. The Bertz CT molecular complexity index is 750. The van der Waals surface area contributed by atoms with Crippen molar-refractivity contribution in [1.29, 1.82) is 0 Å². The van der Waals surface area contributed by atoms with Gasteiger partial charge in [0.15, 0.2) is 16.6 Å². The summed E-state index contributed by atoms with van der Waals surface area (Å²) >= 11 is 0. The third-order valence-electron chi connectivity index (χ3n) is 8.16. The molecule has 0 saturated carbocycles. The van der Waals surface area contributed by atoms with Gasteiger partial charge in [-0.3, -0.25) is 9.59 Å². The van der Waals surface area contributed by atoms with E-state index in [1.165, 1.54) is 7.11 Å². The van der Waals surface area contributed by atoms with Gasteiger partial charge < -0.3 is 13.6 Å². The Labute approximate surface area is 212 Å². The number of carbonyl (C=O) groups excluding carboxylic acids is 2. The molecule has 0 radical (unpaired) electrons. The predicted octanol–water partition coefficient (Wildman–Crippen LogP) is 6.83. The van der Waals surface area contributed by atoms with Crippen LogP contribution in [0.4, 0.5) is 0 Å². The standard InChI is InChI=1S/C27H52O5Si2/c1-17-19(2)23(32-34(15,16)26(7,8)9)20(3)24(29)27(10,11)21(18-22(28)30-12)31-33(13,14)25(4,5)6/h1,19-21,23H,18H2,2-16H3/t19-,20+,21-,23+/m0/s1. The molecule has 0 aliphatic rings. The van der Waals surface area contributed by atoms with Crippen LogP contribution in [0.2, 0.25) is 36.3 Å². The summed E-state index contributed by atoms with van der Waals surface area (Å²) in [4.78, 5) is 26.4. The fraction of sp³-hybridized carbons (Fsp3) is 0.852. The van der Waals surface area contributed by atoms with Crippen LogP contribution >= 0.6 is 0 Å². The highest BCUT2D eigenvalue weighted by atomic mass is 28.4. The van der Waals surface area contributed by atoms with E-state index in [4.69, 9.17) is 20.0 Å². The molecule has 0 heterocycles.